The zero-order chi connectivity index (χ0) is 13.2. The summed E-state index contributed by atoms with van der Waals surface area (Å²) < 4.78 is 9.44. The largest absolute Gasteiger partial charge is 0.467 e. The van der Waals surface area contributed by atoms with E-state index in [1.54, 1.807) is 20.8 Å². The monoisotopic (exact) mass is 244 g/mol. The van der Waals surface area contributed by atoms with Gasteiger partial charge in [0.05, 0.1) is 7.11 Å². The van der Waals surface area contributed by atoms with Gasteiger partial charge in [0.15, 0.2) is 6.04 Å². The van der Waals surface area contributed by atoms with Crippen LogP contribution in [0.25, 0.3) is 0 Å². The van der Waals surface area contributed by atoms with Crippen molar-refractivity contribution in [1.29, 1.82) is 0 Å². The van der Waals surface area contributed by atoms with E-state index in [1.165, 1.54) is 7.11 Å². The summed E-state index contributed by atoms with van der Waals surface area (Å²) in [6, 6.07) is -1.78. The summed E-state index contributed by atoms with van der Waals surface area (Å²) >= 11 is 0. The van der Waals surface area contributed by atoms with E-state index in [9.17, 15) is 14.4 Å². The first-order valence-electron chi connectivity index (χ1n) is 5.12. The summed E-state index contributed by atoms with van der Waals surface area (Å²) in [6.07, 6.45) is -0.744. The van der Waals surface area contributed by atoms with Crippen LogP contribution in [0.1, 0.15) is 20.8 Å². The minimum Gasteiger partial charge on any atom is -0.467 e. The molecule has 2 amide bonds. The summed E-state index contributed by atoms with van der Waals surface area (Å²) in [5.41, 5.74) is -0.662. The van der Waals surface area contributed by atoms with Gasteiger partial charge in [0, 0.05) is 0 Å². The predicted octanol–water partition coefficient (Wildman–Crippen LogP) is -0.449. The van der Waals surface area contributed by atoms with Gasteiger partial charge in [-0.25, -0.2) is 9.59 Å². The molecule has 0 radical (unpaired) electrons. The van der Waals surface area contributed by atoms with Crippen LogP contribution in [0.15, 0.2) is 0 Å². The Bertz CT molecular complexity index is 347. The van der Waals surface area contributed by atoms with Gasteiger partial charge in [0.2, 0.25) is 5.91 Å². The minimum atomic E-state index is -0.933. The standard InChI is InChI=1S/C10H16N2O5/c1-10(2,3)17-9(15)12-5-6(8(14)16-4)11-7(5)13/h5-6H,1-4H3,(H,11,13)(H,12,15)/t5-,6-/m0/s1. The minimum absolute atomic E-state index is 0.439. The maximum absolute atomic E-state index is 11.4. The Balaban J connectivity index is 2.53. The van der Waals surface area contributed by atoms with Gasteiger partial charge in [-0.05, 0) is 20.8 Å². The second-order valence-electron chi connectivity index (χ2n) is 4.63. The molecule has 0 unspecified atom stereocenters. The third kappa shape index (κ3) is 3.33. The summed E-state index contributed by atoms with van der Waals surface area (Å²) in [7, 11) is 1.21. The highest BCUT2D eigenvalue weighted by Crippen LogP contribution is 2.11. The van der Waals surface area contributed by atoms with Crippen LogP contribution in [0.2, 0.25) is 0 Å². The van der Waals surface area contributed by atoms with Gasteiger partial charge in [-0.1, -0.05) is 0 Å². The number of esters is 1. The molecule has 0 saturated carbocycles. The zero-order valence-corrected chi connectivity index (χ0v) is 10.2. The molecule has 7 heteroatoms. The Morgan fingerprint density at radius 2 is 1.94 bits per heavy atom. The number of nitrogens with one attached hydrogen (secondary N) is 2. The molecule has 0 spiro atoms. The number of β-lactam (4-membered cyclic amide) rings is 1. The maximum atomic E-state index is 11.4. The molecule has 0 aromatic heterocycles. The van der Waals surface area contributed by atoms with Gasteiger partial charge in [0.1, 0.15) is 11.6 Å². The highest BCUT2D eigenvalue weighted by molar-refractivity contribution is 6.01. The van der Waals surface area contributed by atoms with Crippen LogP contribution in [0.4, 0.5) is 4.79 Å². The lowest BCUT2D eigenvalue weighted by Gasteiger charge is -2.35. The summed E-state index contributed by atoms with van der Waals surface area (Å²) in [4.78, 5) is 33.8. The van der Waals surface area contributed by atoms with Crippen molar-refractivity contribution in [3.05, 3.63) is 0 Å². The van der Waals surface area contributed by atoms with Crippen molar-refractivity contribution in [2.24, 2.45) is 0 Å². The molecule has 0 bridgehead atoms. The van der Waals surface area contributed by atoms with Crippen LogP contribution < -0.4 is 10.6 Å². The number of alkyl carbamates (subject to hydrolysis) is 1. The Morgan fingerprint density at radius 1 is 1.35 bits per heavy atom. The normalized spacial score (nSPS) is 23.2. The average molecular weight is 244 g/mol. The Morgan fingerprint density at radius 3 is 2.35 bits per heavy atom. The van der Waals surface area contributed by atoms with E-state index in [2.05, 4.69) is 15.4 Å². The van der Waals surface area contributed by atoms with Gasteiger partial charge < -0.3 is 20.1 Å². The lowest BCUT2D eigenvalue weighted by molar-refractivity contribution is -0.153. The lowest BCUT2D eigenvalue weighted by Crippen LogP contribution is -2.72. The summed E-state index contributed by atoms with van der Waals surface area (Å²) in [6.45, 7) is 5.10. The number of ether oxygens (including phenoxy) is 2. The van der Waals surface area contributed by atoms with E-state index in [0.29, 0.717) is 0 Å². The molecule has 1 saturated heterocycles. The van der Waals surface area contributed by atoms with E-state index in [-0.39, 0.29) is 0 Å². The van der Waals surface area contributed by atoms with Crippen LogP contribution in [-0.2, 0) is 19.1 Å². The van der Waals surface area contributed by atoms with Crippen molar-refractivity contribution in [1.82, 2.24) is 10.6 Å². The molecule has 1 fully saturated rings. The van der Waals surface area contributed by atoms with Crippen molar-refractivity contribution in [2.45, 2.75) is 38.5 Å². The van der Waals surface area contributed by atoms with Crippen molar-refractivity contribution < 1.29 is 23.9 Å². The SMILES string of the molecule is COC(=O)[C@H]1NC(=O)[C@H]1NC(=O)OC(C)(C)C. The van der Waals surface area contributed by atoms with Gasteiger partial charge in [-0.3, -0.25) is 4.79 Å². The smallest absolute Gasteiger partial charge is 0.408 e. The molecule has 7 nitrogen and oxygen atoms in total. The fourth-order valence-corrected chi connectivity index (χ4v) is 1.29. The van der Waals surface area contributed by atoms with E-state index >= 15 is 0 Å². The quantitative estimate of drug-likeness (QED) is 0.507. The topological polar surface area (TPSA) is 93.7 Å². The maximum Gasteiger partial charge on any atom is 0.408 e. The second-order valence-corrected chi connectivity index (χ2v) is 4.63. The number of carbonyl (C=O) groups is 3. The molecule has 17 heavy (non-hydrogen) atoms. The third-order valence-corrected chi connectivity index (χ3v) is 2.04. The molecular weight excluding hydrogens is 228 g/mol. The van der Waals surface area contributed by atoms with Gasteiger partial charge in [0.25, 0.3) is 0 Å². The Labute approximate surface area is 98.8 Å². The van der Waals surface area contributed by atoms with E-state index < -0.39 is 35.7 Å². The van der Waals surface area contributed by atoms with Crippen LogP contribution in [0.5, 0.6) is 0 Å². The summed E-state index contributed by atoms with van der Waals surface area (Å²) in [5.74, 6) is -1.04. The van der Waals surface area contributed by atoms with E-state index in [1.807, 2.05) is 0 Å². The molecule has 0 aliphatic carbocycles. The summed E-state index contributed by atoms with van der Waals surface area (Å²) in [5, 5.41) is 4.64. The van der Waals surface area contributed by atoms with Gasteiger partial charge >= 0.3 is 12.1 Å². The fourth-order valence-electron chi connectivity index (χ4n) is 1.29. The predicted molar refractivity (Wildman–Crippen MR) is 57.1 cm³/mol. The lowest BCUT2D eigenvalue weighted by atomic mass is 9.99. The van der Waals surface area contributed by atoms with Crippen LogP contribution >= 0.6 is 0 Å². The number of amides is 2. The Hall–Kier alpha value is -1.79. The van der Waals surface area contributed by atoms with Gasteiger partial charge in [-0.15, -0.1) is 0 Å². The fraction of sp³-hybridized carbons (Fsp3) is 0.700. The molecule has 2 atom stereocenters. The first-order valence-corrected chi connectivity index (χ1v) is 5.12. The number of rotatable bonds is 2. The zero-order valence-electron chi connectivity index (χ0n) is 10.2. The molecule has 1 aliphatic heterocycles. The molecule has 1 rings (SSSR count). The highest BCUT2D eigenvalue weighted by Gasteiger charge is 2.46. The van der Waals surface area contributed by atoms with Crippen molar-refractivity contribution in [3.63, 3.8) is 0 Å². The molecule has 2 N–H and O–H groups in total. The van der Waals surface area contributed by atoms with Crippen molar-refractivity contribution in [3.8, 4) is 0 Å². The number of methoxy groups -OCH3 is 1. The molecule has 0 aromatic carbocycles. The van der Waals surface area contributed by atoms with Crippen LogP contribution in [0, 0.1) is 0 Å². The first kappa shape index (κ1) is 13.3. The van der Waals surface area contributed by atoms with E-state index in [4.69, 9.17) is 4.74 Å². The highest BCUT2D eigenvalue weighted by atomic mass is 16.6. The third-order valence-electron chi connectivity index (χ3n) is 2.04. The van der Waals surface area contributed by atoms with Crippen LogP contribution in [0.3, 0.4) is 0 Å². The number of hydrogen-bond acceptors (Lipinski definition) is 5. The van der Waals surface area contributed by atoms with Gasteiger partial charge in [-0.2, -0.15) is 0 Å². The molecule has 0 aromatic rings. The average Bonchev–Trinajstić information content (AvgIpc) is 2.19. The first-order chi connectivity index (χ1) is 7.74. The second kappa shape index (κ2) is 4.60. The number of hydrogen-bond donors (Lipinski definition) is 2. The number of carbonyl (C=O) groups excluding carboxylic acids is 3. The molecular formula is C10H16N2O5. The molecule has 1 heterocycles. The van der Waals surface area contributed by atoms with Crippen molar-refractivity contribution >= 4 is 18.0 Å². The van der Waals surface area contributed by atoms with E-state index in [0.717, 1.165) is 0 Å². The van der Waals surface area contributed by atoms with Crippen LogP contribution in [-0.4, -0.2) is 42.8 Å². The molecule has 1 aliphatic rings. The Kier molecular flexibility index (Phi) is 3.59. The van der Waals surface area contributed by atoms with Crippen molar-refractivity contribution in [2.75, 3.05) is 7.11 Å². The molecule has 96 valence electrons.